The van der Waals surface area contributed by atoms with Crippen molar-refractivity contribution in [2.75, 3.05) is 4.90 Å². The lowest BCUT2D eigenvalue weighted by atomic mass is 10.1. The van der Waals surface area contributed by atoms with Gasteiger partial charge in [0.1, 0.15) is 16.7 Å². The van der Waals surface area contributed by atoms with Crippen LogP contribution in [0.1, 0.15) is 11.1 Å². The van der Waals surface area contributed by atoms with Crippen molar-refractivity contribution in [3.63, 3.8) is 0 Å². The van der Waals surface area contributed by atoms with Crippen LogP contribution < -0.4 is 10.2 Å². The molecular formula is C26H20ClN3O2S. The molecule has 0 radical (unpaired) electrons. The quantitative estimate of drug-likeness (QED) is 0.400. The number of nitrogens with zero attached hydrogens (tertiary/aromatic N) is 2. The van der Waals surface area contributed by atoms with E-state index >= 15 is 0 Å². The smallest absolute Gasteiger partial charge is 0.264 e. The topological polar surface area (TPSA) is 73.2 Å². The van der Waals surface area contributed by atoms with E-state index in [9.17, 15) is 14.9 Å². The zero-order chi connectivity index (χ0) is 23.2. The fourth-order valence-electron chi connectivity index (χ4n) is 3.51. The number of nitriles is 1. The second kappa shape index (κ2) is 10.4. The molecule has 33 heavy (non-hydrogen) atoms. The number of thioether (sulfide) groups is 1. The summed E-state index contributed by atoms with van der Waals surface area (Å²) < 4.78 is 0. The normalized spacial score (nSPS) is 16.9. The van der Waals surface area contributed by atoms with Crippen LogP contribution in [0.4, 0.5) is 5.69 Å². The molecule has 0 spiro atoms. The van der Waals surface area contributed by atoms with Crippen LogP contribution in [0.3, 0.4) is 0 Å². The van der Waals surface area contributed by atoms with E-state index in [2.05, 4.69) is 5.32 Å². The molecule has 1 N–H and O–H groups in total. The Morgan fingerprint density at radius 2 is 1.58 bits per heavy atom. The van der Waals surface area contributed by atoms with Gasteiger partial charge in [-0.1, -0.05) is 84.0 Å². The number of amides is 2. The van der Waals surface area contributed by atoms with Crippen LogP contribution in [0, 0.1) is 11.3 Å². The molecule has 7 heteroatoms. The molecule has 1 aliphatic heterocycles. The molecule has 5 nitrogen and oxygen atoms in total. The number of halogens is 1. The van der Waals surface area contributed by atoms with Gasteiger partial charge in [0.2, 0.25) is 5.91 Å². The molecule has 0 bridgehead atoms. The van der Waals surface area contributed by atoms with Crippen molar-refractivity contribution < 1.29 is 9.59 Å². The van der Waals surface area contributed by atoms with E-state index in [-0.39, 0.29) is 18.0 Å². The first-order valence-corrected chi connectivity index (χ1v) is 11.6. The van der Waals surface area contributed by atoms with Crippen molar-refractivity contribution in [1.82, 2.24) is 5.32 Å². The molecule has 3 aromatic rings. The predicted molar refractivity (Wildman–Crippen MR) is 131 cm³/mol. The van der Waals surface area contributed by atoms with Crippen molar-refractivity contribution >= 4 is 40.9 Å². The van der Waals surface area contributed by atoms with E-state index in [4.69, 9.17) is 11.6 Å². The molecule has 3 aromatic carbocycles. The summed E-state index contributed by atoms with van der Waals surface area (Å²) in [6.45, 7) is 0.283. The number of hydrogen-bond acceptors (Lipinski definition) is 4. The molecule has 164 valence electrons. The average molecular weight is 474 g/mol. The Balaban J connectivity index is 1.67. The number of hydrogen-bond donors (Lipinski definition) is 1. The molecule has 1 unspecified atom stereocenters. The lowest BCUT2D eigenvalue weighted by Gasteiger charge is -2.19. The number of nitrogens with one attached hydrogen (secondary N) is 1. The summed E-state index contributed by atoms with van der Waals surface area (Å²) >= 11 is 7.27. The zero-order valence-electron chi connectivity index (χ0n) is 17.6. The van der Waals surface area contributed by atoms with Crippen molar-refractivity contribution in [1.29, 1.82) is 5.26 Å². The van der Waals surface area contributed by atoms with Gasteiger partial charge in [-0.25, -0.2) is 0 Å². The van der Waals surface area contributed by atoms with Crippen molar-refractivity contribution in [2.24, 2.45) is 0 Å². The summed E-state index contributed by atoms with van der Waals surface area (Å²) in [5.74, 6) is -0.694. The van der Waals surface area contributed by atoms with Crippen LogP contribution in [-0.4, -0.2) is 17.1 Å². The second-order valence-corrected chi connectivity index (χ2v) is 9.03. The van der Waals surface area contributed by atoms with Crippen LogP contribution in [0.5, 0.6) is 0 Å². The largest absolute Gasteiger partial charge is 0.347 e. The summed E-state index contributed by atoms with van der Waals surface area (Å²) in [4.78, 5) is 27.9. The van der Waals surface area contributed by atoms with Gasteiger partial charge >= 0.3 is 0 Å². The van der Waals surface area contributed by atoms with Crippen LogP contribution in [0.2, 0.25) is 5.02 Å². The Labute approximate surface area is 201 Å². The number of rotatable bonds is 6. The third-order valence-corrected chi connectivity index (χ3v) is 6.66. The predicted octanol–water partition coefficient (Wildman–Crippen LogP) is 5.08. The first-order valence-electron chi connectivity index (χ1n) is 10.3. The van der Waals surface area contributed by atoms with Gasteiger partial charge in [0.05, 0.1) is 5.25 Å². The van der Waals surface area contributed by atoms with E-state index in [0.29, 0.717) is 22.2 Å². The molecule has 1 heterocycles. The van der Waals surface area contributed by atoms with Crippen molar-refractivity contribution in [3.8, 4) is 6.07 Å². The van der Waals surface area contributed by atoms with E-state index < -0.39 is 11.2 Å². The molecule has 1 fully saturated rings. The Kier molecular flexibility index (Phi) is 7.13. The molecule has 1 aliphatic rings. The van der Waals surface area contributed by atoms with E-state index in [1.807, 2.05) is 66.7 Å². The van der Waals surface area contributed by atoms with Gasteiger partial charge in [0.25, 0.3) is 5.91 Å². The fourth-order valence-corrected chi connectivity index (χ4v) is 4.94. The Bertz CT molecular complexity index is 1220. The molecule has 0 aliphatic carbocycles. The van der Waals surface area contributed by atoms with Gasteiger partial charge in [0.15, 0.2) is 0 Å². The minimum atomic E-state index is -0.518. The van der Waals surface area contributed by atoms with Gasteiger partial charge in [-0.2, -0.15) is 5.26 Å². The lowest BCUT2D eigenvalue weighted by molar-refractivity contribution is -0.117. The monoisotopic (exact) mass is 473 g/mol. The summed E-state index contributed by atoms with van der Waals surface area (Å²) in [6, 6.07) is 27.9. The molecule has 1 atom stereocenters. The summed E-state index contributed by atoms with van der Waals surface area (Å²) in [5, 5.41) is 13.1. The molecule has 2 amide bonds. The molecule has 0 saturated carbocycles. The van der Waals surface area contributed by atoms with Crippen LogP contribution in [0.25, 0.3) is 0 Å². The summed E-state index contributed by atoms with van der Waals surface area (Å²) in [6.07, 6.45) is 0.488. The second-order valence-electron chi connectivity index (χ2n) is 7.41. The highest BCUT2D eigenvalue weighted by atomic mass is 35.5. The lowest BCUT2D eigenvalue weighted by Crippen LogP contribution is -2.32. The maximum Gasteiger partial charge on any atom is 0.264 e. The minimum absolute atomic E-state index is 0.0882. The minimum Gasteiger partial charge on any atom is -0.347 e. The Morgan fingerprint density at radius 1 is 0.970 bits per heavy atom. The van der Waals surface area contributed by atoms with E-state index in [1.54, 1.807) is 24.3 Å². The first kappa shape index (κ1) is 22.7. The van der Waals surface area contributed by atoms with Gasteiger partial charge in [-0.3, -0.25) is 14.5 Å². The standard InChI is InChI=1S/C26H20ClN3O2S/c27-20-11-13-21(14-12-20)30-25(32)23(15-18-7-3-1-4-8-18)33-26(30)22(16-28)24(31)29-17-19-9-5-2-6-10-19/h1-14,23H,15,17H2,(H,29,31)/b26-22-. The first-order chi connectivity index (χ1) is 16.1. The Hall–Kier alpha value is -3.53. The number of benzene rings is 3. The molecule has 0 aromatic heterocycles. The van der Waals surface area contributed by atoms with Crippen molar-refractivity contribution in [3.05, 3.63) is 112 Å². The third kappa shape index (κ3) is 5.28. The van der Waals surface area contributed by atoms with Crippen LogP contribution in [-0.2, 0) is 22.6 Å². The van der Waals surface area contributed by atoms with E-state index in [0.717, 1.165) is 11.1 Å². The zero-order valence-corrected chi connectivity index (χ0v) is 19.1. The molecular weight excluding hydrogens is 454 g/mol. The highest BCUT2D eigenvalue weighted by Crippen LogP contribution is 2.42. The van der Waals surface area contributed by atoms with Gasteiger partial charge < -0.3 is 5.32 Å². The number of anilines is 1. The van der Waals surface area contributed by atoms with Crippen LogP contribution >= 0.6 is 23.4 Å². The Morgan fingerprint density at radius 3 is 2.18 bits per heavy atom. The maximum atomic E-state index is 13.4. The van der Waals surface area contributed by atoms with Gasteiger partial charge in [-0.05, 0) is 41.8 Å². The molecule has 1 saturated heterocycles. The van der Waals surface area contributed by atoms with Gasteiger partial charge in [0, 0.05) is 17.3 Å². The van der Waals surface area contributed by atoms with E-state index in [1.165, 1.54) is 16.7 Å². The summed E-state index contributed by atoms with van der Waals surface area (Å²) in [5.41, 5.74) is 2.40. The fraction of sp³-hybridized carbons (Fsp3) is 0.115. The number of carbonyl (C=O) groups is 2. The molecule has 4 rings (SSSR count). The SMILES string of the molecule is N#C/C(C(=O)NCc1ccccc1)=C1/SC(Cc2ccccc2)C(=O)N1c1ccc(Cl)cc1. The third-order valence-electron chi connectivity index (χ3n) is 5.15. The van der Waals surface area contributed by atoms with Crippen LogP contribution in [0.15, 0.2) is 95.5 Å². The maximum absolute atomic E-state index is 13.4. The average Bonchev–Trinajstić information content (AvgIpc) is 3.15. The highest BCUT2D eigenvalue weighted by Gasteiger charge is 2.40. The number of carbonyl (C=O) groups excluding carboxylic acids is 2. The van der Waals surface area contributed by atoms with Crippen molar-refractivity contribution in [2.45, 2.75) is 18.2 Å². The van der Waals surface area contributed by atoms with Gasteiger partial charge in [-0.15, -0.1) is 0 Å². The highest BCUT2D eigenvalue weighted by molar-refractivity contribution is 8.05. The summed E-state index contributed by atoms with van der Waals surface area (Å²) in [7, 11) is 0.